The highest BCUT2D eigenvalue weighted by Gasteiger charge is 2.12. The van der Waals surface area contributed by atoms with Crippen LogP contribution in [0.1, 0.15) is 35.7 Å². The molecule has 0 atom stereocenters. The van der Waals surface area contributed by atoms with Gasteiger partial charge in [0.15, 0.2) is 0 Å². The number of benzene rings is 1. The van der Waals surface area contributed by atoms with E-state index in [1.807, 2.05) is 6.07 Å². The molecule has 1 aromatic heterocycles. The van der Waals surface area contributed by atoms with Crippen LogP contribution >= 0.6 is 0 Å². The number of rotatable bonds is 8. The molecule has 24 heavy (non-hydrogen) atoms. The summed E-state index contributed by atoms with van der Waals surface area (Å²) in [5, 5.41) is 3.04. The van der Waals surface area contributed by atoms with Gasteiger partial charge in [-0.1, -0.05) is 31.5 Å². The van der Waals surface area contributed by atoms with Crippen LogP contribution in [0.4, 0.5) is 10.3 Å². The van der Waals surface area contributed by atoms with Crippen molar-refractivity contribution in [1.82, 2.24) is 14.9 Å². The van der Waals surface area contributed by atoms with Crippen LogP contribution in [-0.2, 0) is 6.42 Å². The highest BCUT2D eigenvalue weighted by molar-refractivity contribution is 5.93. The Morgan fingerprint density at radius 2 is 1.96 bits per heavy atom. The molecule has 128 valence electrons. The Kier molecular flexibility index (Phi) is 6.66. The fourth-order valence-electron chi connectivity index (χ4n) is 2.26. The number of halogens is 1. The number of nitrogens with zero attached hydrogens (tertiary/aromatic N) is 3. The number of carbonyl (C=O) groups is 1. The summed E-state index contributed by atoms with van der Waals surface area (Å²) < 4.78 is 13.5. The summed E-state index contributed by atoms with van der Waals surface area (Å²) >= 11 is 0. The second-order valence-corrected chi connectivity index (χ2v) is 5.64. The quantitative estimate of drug-likeness (QED) is 0.808. The number of aromatic nitrogens is 2. The number of anilines is 1. The SMILES string of the molecule is CCCCN(C)C(=O)c1cnc(NCCc2ccccc2F)nc1. The Labute approximate surface area is 141 Å². The van der Waals surface area contributed by atoms with Crippen molar-refractivity contribution >= 4 is 11.9 Å². The zero-order valence-electron chi connectivity index (χ0n) is 14.1. The van der Waals surface area contributed by atoms with E-state index < -0.39 is 0 Å². The summed E-state index contributed by atoms with van der Waals surface area (Å²) in [6, 6.07) is 6.68. The van der Waals surface area contributed by atoms with Gasteiger partial charge in [0.25, 0.3) is 5.91 Å². The molecule has 2 aromatic rings. The predicted octanol–water partition coefficient (Wildman–Crippen LogP) is 3.14. The zero-order chi connectivity index (χ0) is 17.4. The van der Waals surface area contributed by atoms with Crippen LogP contribution in [0.2, 0.25) is 0 Å². The lowest BCUT2D eigenvalue weighted by atomic mass is 10.1. The van der Waals surface area contributed by atoms with Crippen LogP contribution in [-0.4, -0.2) is 40.9 Å². The number of hydrogen-bond donors (Lipinski definition) is 1. The molecule has 6 heteroatoms. The minimum absolute atomic E-state index is 0.0821. The molecule has 0 saturated heterocycles. The topological polar surface area (TPSA) is 58.1 Å². The van der Waals surface area contributed by atoms with Crippen LogP contribution in [0.5, 0.6) is 0 Å². The van der Waals surface area contributed by atoms with Gasteiger partial charge in [0.05, 0.1) is 5.56 Å². The van der Waals surface area contributed by atoms with Crippen molar-refractivity contribution in [3.05, 3.63) is 53.6 Å². The van der Waals surface area contributed by atoms with Gasteiger partial charge >= 0.3 is 0 Å². The van der Waals surface area contributed by atoms with Gasteiger partial charge in [-0.25, -0.2) is 14.4 Å². The molecule has 0 radical (unpaired) electrons. The smallest absolute Gasteiger partial charge is 0.256 e. The first-order chi connectivity index (χ1) is 11.6. The molecular weight excluding hydrogens is 307 g/mol. The van der Waals surface area contributed by atoms with Crippen LogP contribution in [0, 0.1) is 5.82 Å². The monoisotopic (exact) mass is 330 g/mol. The summed E-state index contributed by atoms with van der Waals surface area (Å²) in [7, 11) is 1.78. The minimum Gasteiger partial charge on any atom is -0.354 e. The average Bonchev–Trinajstić information content (AvgIpc) is 2.61. The summed E-state index contributed by atoms with van der Waals surface area (Å²) in [5.41, 5.74) is 1.11. The number of unbranched alkanes of at least 4 members (excludes halogenated alkanes) is 1. The molecule has 0 aliphatic heterocycles. The molecule has 0 spiro atoms. The van der Waals surface area contributed by atoms with Crippen molar-refractivity contribution in [2.45, 2.75) is 26.2 Å². The molecule has 0 bridgehead atoms. The van der Waals surface area contributed by atoms with Gasteiger partial charge < -0.3 is 10.2 Å². The van der Waals surface area contributed by atoms with E-state index in [9.17, 15) is 9.18 Å². The van der Waals surface area contributed by atoms with Gasteiger partial charge in [0.1, 0.15) is 5.82 Å². The predicted molar refractivity (Wildman–Crippen MR) is 92.5 cm³/mol. The van der Waals surface area contributed by atoms with E-state index in [-0.39, 0.29) is 11.7 Å². The molecule has 1 aromatic carbocycles. The van der Waals surface area contributed by atoms with Gasteiger partial charge in [-0.2, -0.15) is 0 Å². The van der Waals surface area contributed by atoms with Crippen LogP contribution in [0.3, 0.4) is 0 Å². The number of carbonyl (C=O) groups excluding carboxylic acids is 1. The van der Waals surface area contributed by atoms with Crippen LogP contribution in [0.15, 0.2) is 36.7 Å². The molecular formula is C18H23FN4O. The maximum absolute atomic E-state index is 13.5. The second-order valence-electron chi connectivity index (χ2n) is 5.64. The summed E-state index contributed by atoms with van der Waals surface area (Å²) in [5.74, 6) is 0.136. The van der Waals surface area contributed by atoms with E-state index in [1.165, 1.54) is 18.5 Å². The first kappa shape index (κ1) is 17.8. The van der Waals surface area contributed by atoms with Crippen LogP contribution in [0.25, 0.3) is 0 Å². The van der Waals surface area contributed by atoms with Crippen molar-refractivity contribution in [3.8, 4) is 0 Å². The van der Waals surface area contributed by atoms with Crippen molar-refractivity contribution in [1.29, 1.82) is 0 Å². The third kappa shape index (κ3) is 5.01. The maximum atomic E-state index is 13.5. The molecule has 0 unspecified atom stereocenters. The lowest BCUT2D eigenvalue weighted by Gasteiger charge is -2.16. The van der Waals surface area contributed by atoms with Crippen molar-refractivity contribution in [2.75, 3.05) is 25.5 Å². The molecule has 1 heterocycles. The van der Waals surface area contributed by atoms with E-state index in [4.69, 9.17) is 0 Å². The average molecular weight is 330 g/mol. The lowest BCUT2D eigenvalue weighted by molar-refractivity contribution is 0.0792. The molecule has 0 aliphatic carbocycles. The Bertz CT molecular complexity index is 660. The second kappa shape index (κ2) is 8.96. The van der Waals surface area contributed by atoms with Gasteiger partial charge in [0, 0.05) is 32.5 Å². The van der Waals surface area contributed by atoms with Gasteiger partial charge in [-0.3, -0.25) is 4.79 Å². The maximum Gasteiger partial charge on any atom is 0.256 e. The van der Waals surface area contributed by atoms with Crippen molar-refractivity contribution in [2.24, 2.45) is 0 Å². The fourth-order valence-corrected chi connectivity index (χ4v) is 2.26. The largest absolute Gasteiger partial charge is 0.354 e. The number of hydrogen-bond acceptors (Lipinski definition) is 4. The van der Waals surface area contributed by atoms with Crippen molar-refractivity contribution in [3.63, 3.8) is 0 Å². The Balaban J connectivity index is 1.85. The Morgan fingerprint density at radius 3 is 2.62 bits per heavy atom. The molecule has 2 rings (SSSR count). The van der Waals surface area contributed by atoms with E-state index >= 15 is 0 Å². The van der Waals surface area contributed by atoms with E-state index in [0.717, 1.165) is 19.4 Å². The third-order valence-corrected chi connectivity index (χ3v) is 3.73. The lowest BCUT2D eigenvalue weighted by Crippen LogP contribution is -2.28. The van der Waals surface area contributed by atoms with Crippen LogP contribution < -0.4 is 5.32 Å². The molecule has 0 fully saturated rings. The van der Waals surface area contributed by atoms with E-state index in [1.54, 1.807) is 24.1 Å². The summed E-state index contributed by atoms with van der Waals surface area (Å²) in [6.07, 6.45) is 5.58. The first-order valence-electron chi connectivity index (χ1n) is 8.16. The number of amides is 1. The molecule has 5 nitrogen and oxygen atoms in total. The zero-order valence-corrected chi connectivity index (χ0v) is 14.1. The van der Waals surface area contributed by atoms with E-state index in [2.05, 4.69) is 22.2 Å². The number of nitrogens with one attached hydrogen (secondary N) is 1. The molecule has 1 amide bonds. The fraction of sp³-hybridized carbons (Fsp3) is 0.389. The van der Waals surface area contributed by atoms with Gasteiger partial charge in [0.2, 0.25) is 5.95 Å². The highest BCUT2D eigenvalue weighted by atomic mass is 19.1. The summed E-state index contributed by atoms with van der Waals surface area (Å²) in [4.78, 5) is 22.2. The van der Waals surface area contributed by atoms with Gasteiger partial charge in [-0.15, -0.1) is 0 Å². The van der Waals surface area contributed by atoms with E-state index in [0.29, 0.717) is 30.0 Å². The molecule has 0 aliphatic rings. The van der Waals surface area contributed by atoms with Gasteiger partial charge in [-0.05, 0) is 24.5 Å². The highest BCUT2D eigenvalue weighted by Crippen LogP contribution is 2.08. The molecule has 1 N–H and O–H groups in total. The Hall–Kier alpha value is -2.50. The third-order valence-electron chi connectivity index (χ3n) is 3.73. The first-order valence-corrected chi connectivity index (χ1v) is 8.16. The Morgan fingerprint density at radius 1 is 1.25 bits per heavy atom. The normalized spacial score (nSPS) is 10.5. The summed E-state index contributed by atoms with van der Waals surface area (Å²) in [6.45, 7) is 3.33. The minimum atomic E-state index is -0.212. The molecule has 0 saturated carbocycles. The standard InChI is InChI=1S/C18H23FN4O/c1-3-4-11-23(2)17(24)15-12-21-18(22-13-15)20-10-9-14-7-5-6-8-16(14)19/h5-8,12-13H,3-4,9-11H2,1-2H3,(H,20,21,22). The van der Waals surface area contributed by atoms with Crippen molar-refractivity contribution < 1.29 is 9.18 Å².